The molecule has 0 spiro atoms. The van der Waals surface area contributed by atoms with Crippen LogP contribution in [0.15, 0.2) is 32.5 Å². The third-order valence-corrected chi connectivity index (χ3v) is 6.97. The number of nitrogens with one attached hydrogen (secondary N) is 1. The summed E-state index contributed by atoms with van der Waals surface area (Å²) in [5, 5.41) is 1.04. The SMILES string of the molecule is C[C@@]12COc3ccc(Br)cc3[C@H]1c1sc(=O)[nH]c1SC2. The van der Waals surface area contributed by atoms with E-state index in [1.165, 1.54) is 16.9 Å². The number of hydrogen-bond donors (Lipinski definition) is 1. The zero-order valence-electron chi connectivity index (χ0n) is 10.7. The van der Waals surface area contributed by atoms with E-state index in [1.807, 2.05) is 12.1 Å². The molecule has 0 unspecified atom stereocenters. The van der Waals surface area contributed by atoms with Crippen molar-refractivity contribution in [3.05, 3.63) is 42.8 Å². The van der Waals surface area contributed by atoms with Crippen molar-refractivity contribution >= 4 is 39.0 Å². The van der Waals surface area contributed by atoms with Gasteiger partial charge in [-0.15, -0.1) is 11.8 Å². The molecule has 0 fully saturated rings. The third-order valence-electron chi connectivity index (χ3n) is 3.99. The Hall–Kier alpha value is -0.720. The molecule has 2 aliphatic heterocycles. The second kappa shape index (κ2) is 4.39. The fraction of sp³-hybridized carbons (Fsp3) is 0.357. The van der Waals surface area contributed by atoms with Gasteiger partial charge in [0.15, 0.2) is 0 Å². The summed E-state index contributed by atoms with van der Waals surface area (Å²) in [6, 6.07) is 6.14. The summed E-state index contributed by atoms with van der Waals surface area (Å²) >= 11 is 6.62. The highest BCUT2D eigenvalue weighted by molar-refractivity contribution is 9.10. The van der Waals surface area contributed by atoms with E-state index in [-0.39, 0.29) is 16.2 Å². The highest BCUT2D eigenvalue weighted by Crippen LogP contribution is 2.56. The quantitative estimate of drug-likeness (QED) is 0.766. The van der Waals surface area contributed by atoms with Crippen molar-refractivity contribution in [1.82, 2.24) is 4.98 Å². The molecule has 0 radical (unpaired) electrons. The number of benzene rings is 1. The fourth-order valence-electron chi connectivity index (χ4n) is 3.02. The van der Waals surface area contributed by atoms with Crippen LogP contribution in [0.3, 0.4) is 0 Å². The molecule has 3 heterocycles. The Labute approximate surface area is 132 Å². The second-order valence-corrected chi connectivity index (χ2v) is 8.47. The van der Waals surface area contributed by atoms with Crippen LogP contribution in [-0.2, 0) is 0 Å². The van der Waals surface area contributed by atoms with Crippen LogP contribution in [0.25, 0.3) is 0 Å². The Morgan fingerprint density at radius 1 is 1.50 bits per heavy atom. The molecule has 2 aromatic rings. The Kier molecular flexibility index (Phi) is 2.85. The molecule has 104 valence electrons. The van der Waals surface area contributed by atoms with Crippen molar-refractivity contribution in [2.45, 2.75) is 17.9 Å². The number of aromatic amines is 1. The molecule has 4 rings (SSSR count). The Morgan fingerprint density at radius 3 is 3.20 bits per heavy atom. The van der Waals surface area contributed by atoms with Crippen LogP contribution in [-0.4, -0.2) is 17.3 Å². The number of thioether (sulfide) groups is 1. The molecule has 0 saturated heterocycles. The first-order valence-corrected chi connectivity index (χ1v) is 8.94. The predicted molar refractivity (Wildman–Crippen MR) is 85.3 cm³/mol. The van der Waals surface area contributed by atoms with Crippen LogP contribution >= 0.6 is 39.0 Å². The van der Waals surface area contributed by atoms with Gasteiger partial charge in [-0.25, -0.2) is 0 Å². The smallest absolute Gasteiger partial charge is 0.305 e. The van der Waals surface area contributed by atoms with Gasteiger partial charge in [0.2, 0.25) is 0 Å². The van der Waals surface area contributed by atoms with Gasteiger partial charge in [0.1, 0.15) is 5.75 Å². The van der Waals surface area contributed by atoms with Gasteiger partial charge >= 0.3 is 4.87 Å². The van der Waals surface area contributed by atoms with E-state index in [0.717, 1.165) is 25.9 Å². The first-order chi connectivity index (χ1) is 9.57. The zero-order chi connectivity index (χ0) is 13.9. The maximum absolute atomic E-state index is 11.7. The van der Waals surface area contributed by atoms with Gasteiger partial charge in [-0.3, -0.25) is 4.79 Å². The maximum Gasteiger partial charge on any atom is 0.305 e. The molecule has 1 aromatic heterocycles. The molecule has 2 atom stereocenters. The van der Waals surface area contributed by atoms with E-state index in [1.54, 1.807) is 11.8 Å². The van der Waals surface area contributed by atoms with Crippen LogP contribution in [0, 0.1) is 5.41 Å². The summed E-state index contributed by atoms with van der Waals surface area (Å²) in [6.07, 6.45) is 0. The standard InChI is InChI=1S/C14H12BrNO2S2/c1-14-5-18-9-3-2-7(15)4-8(9)10(14)11-12(19-6-14)16-13(17)20-11/h2-4,10H,5-6H2,1H3,(H,16,17)/t10-,14-/m0/s1. The van der Waals surface area contributed by atoms with Gasteiger partial charge in [0.25, 0.3) is 0 Å². The minimum Gasteiger partial charge on any atom is -0.493 e. The lowest BCUT2D eigenvalue weighted by atomic mass is 9.72. The van der Waals surface area contributed by atoms with Crippen molar-refractivity contribution in [3.8, 4) is 5.75 Å². The number of rotatable bonds is 0. The summed E-state index contributed by atoms with van der Waals surface area (Å²) in [6.45, 7) is 2.95. The van der Waals surface area contributed by atoms with Crippen LogP contribution in [0.1, 0.15) is 23.3 Å². The molecular formula is C14H12BrNO2S2. The van der Waals surface area contributed by atoms with Gasteiger partial charge in [0, 0.05) is 32.0 Å². The topological polar surface area (TPSA) is 42.1 Å². The van der Waals surface area contributed by atoms with E-state index < -0.39 is 0 Å². The van der Waals surface area contributed by atoms with E-state index >= 15 is 0 Å². The van der Waals surface area contributed by atoms with Crippen molar-refractivity contribution in [2.24, 2.45) is 5.41 Å². The number of fused-ring (bicyclic) bond motifs is 5. The highest BCUT2D eigenvalue weighted by Gasteiger charge is 2.47. The van der Waals surface area contributed by atoms with Gasteiger partial charge in [-0.1, -0.05) is 34.2 Å². The fourth-order valence-corrected chi connectivity index (χ4v) is 5.94. The molecule has 0 aliphatic carbocycles. The number of aromatic nitrogens is 1. The first-order valence-electron chi connectivity index (χ1n) is 6.35. The van der Waals surface area contributed by atoms with Crippen molar-refractivity contribution in [3.63, 3.8) is 0 Å². The third kappa shape index (κ3) is 1.81. The number of H-pyrrole nitrogens is 1. The van der Waals surface area contributed by atoms with Gasteiger partial charge in [-0.05, 0) is 18.2 Å². The monoisotopic (exact) mass is 369 g/mol. The number of ether oxygens (including phenoxy) is 1. The first kappa shape index (κ1) is 13.0. The van der Waals surface area contributed by atoms with Crippen LogP contribution in [0.2, 0.25) is 0 Å². The van der Waals surface area contributed by atoms with Crippen LogP contribution < -0.4 is 9.61 Å². The average molecular weight is 370 g/mol. The van der Waals surface area contributed by atoms with Crippen molar-refractivity contribution in [2.75, 3.05) is 12.4 Å². The molecule has 1 aromatic carbocycles. The van der Waals surface area contributed by atoms with Crippen LogP contribution in [0.4, 0.5) is 0 Å². The van der Waals surface area contributed by atoms with Gasteiger partial charge in [0.05, 0.1) is 11.6 Å². The van der Waals surface area contributed by atoms with Crippen molar-refractivity contribution in [1.29, 1.82) is 0 Å². The molecule has 3 nitrogen and oxygen atoms in total. The lowest BCUT2D eigenvalue weighted by molar-refractivity contribution is 0.137. The number of halogens is 1. The van der Waals surface area contributed by atoms with Gasteiger partial charge in [-0.2, -0.15) is 0 Å². The lowest BCUT2D eigenvalue weighted by Gasteiger charge is -2.44. The summed E-state index contributed by atoms with van der Waals surface area (Å²) in [4.78, 5) is 15.9. The molecule has 0 bridgehead atoms. The van der Waals surface area contributed by atoms with Crippen molar-refractivity contribution < 1.29 is 4.74 Å². The normalized spacial score (nSPS) is 27.2. The van der Waals surface area contributed by atoms with E-state index in [4.69, 9.17) is 4.74 Å². The average Bonchev–Trinajstić information content (AvgIpc) is 2.78. The summed E-state index contributed by atoms with van der Waals surface area (Å²) < 4.78 is 7.00. The van der Waals surface area contributed by atoms with E-state index in [2.05, 4.69) is 33.9 Å². The highest BCUT2D eigenvalue weighted by atomic mass is 79.9. The predicted octanol–water partition coefficient (Wildman–Crippen LogP) is 3.84. The largest absolute Gasteiger partial charge is 0.493 e. The van der Waals surface area contributed by atoms with Gasteiger partial charge < -0.3 is 9.72 Å². The molecule has 2 aliphatic rings. The molecule has 0 saturated carbocycles. The van der Waals surface area contributed by atoms with E-state index in [0.29, 0.717) is 6.61 Å². The Balaban J connectivity index is 1.98. The number of thiazole rings is 1. The molecule has 6 heteroatoms. The molecular weight excluding hydrogens is 358 g/mol. The zero-order valence-corrected chi connectivity index (χ0v) is 14.0. The molecule has 20 heavy (non-hydrogen) atoms. The Bertz CT molecular complexity index is 754. The lowest BCUT2D eigenvalue weighted by Crippen LogP contribution is -2.40. The number of hydrogen-bond acceptors (Lipinski definition) is 4. The minimum atomic E-state index is 0.0368. The maximum atomic E-state index is 11.7. The van der Waals surface area contributed by atoms with Crippen LogP contribution in [0.5, 0.6) is 5.75 Å². The minimum absolute atomic E-state index is 0.0368. The summed E-state index contributed by atoms with van der Waals surface area (Å²) in [5.74, 6) is 2.14. The molecule has 0 amide bonds. The Morgan fingerprint density at radius 2 is 2.35 bits per heavy atom. The summed E-state index contributed by atoms with van der Waals surface area (Å²) in [7, 11) is 0. The van der Waals surface area contributed by atoms with E-state index in [9.17, 15) is 4.79 Å². The summed E-state index contributed by atoms with van der Waals surface area (Å²) in [5.41, 5.74) is 1.22. The second-order valence-electron chi connectivity index (χ2n) is 5.55. The molecule has 1 N–H and O–H groups in total.